The minimum absolute atomic E-state index is 0.109. The van der Waals surface area contributed by atoms with E-state index >= 15 is 0 Å². The number of thioether (sulfide) groups is 1. The Morgan fingerprint density at radius 1 is 1.05 bits per heavy atom. The molecule has 0 saturated carbocycles. The van der Waals surface area contributed by atoms with Crippen LogP contribution in [0.15, 0.2) is 0 Å². The highest BCUT2D eigenvalue weighted by Crippen LogP contribution is 2.12. The summed E-state index contributed by atoms with van der Waals surface area (Å²) in [6.45, 7) is 2.63. The number of hydrogen-bond donors (Lipinski definition) is 1. The van der Waals surface area contributed by atoms with Crippen molar-refractivity contribution in [2.45, 2.75) is 51.4 Å². The van der Waals surface area contributed by atoms with Crippen LogP contribution in [0.2, 0.25) is 0 Å². The molecule has 0 aromatic rings. The smallest absolute Gasteiger partial charge is 0.229 e. The van der Waals surface area contributed by atoms with Crippen molar-refractivity contribution in [3.8, 4) is 0 Å². The Morgan fingerprint density at radius 2 is 1.75 bits per heavy atom. The number of nitrogens with one attached hydrogen (secondary N) is 1. The predicted molar refractivity (Wildman–Crippen MR) is 84.9 cm³/mol. The third kappa shape index (κ3) is 7.78. The number of nitrogens with zero attached hydrogens (tertiary/aromatic N) is 1. The maximum Gasteiger partial charge on any atom is 0.229 e. The molecule has 2 amide bonds. The first-order valence-corrected chi connectivity index (χ1v) is 9.17. The fourth-order valence-electron chi connectivity index (χ4n) is 2.47. The van der Waals surface area contributed by atoms with Gasteiger partial charge in [-0.25, -0.2) is 0 Å². The molecule has 0 bridgehead atoms. The summed E-state index contributed by atoms with van der Waals surface area (Å²) in [5.41, 5.74) is 0. The summed E-state index contributed by atoms with van der Waals surface area (Å²) in [5, 5.41) is 2.89. The van der Waals surface area contributed by atoms with Gasteiger partial charge in [-0.1, -0.05) is 19.3 Å². The maximum atomic E-state index is 12.0. The standard InChI is InChI=1S/C15H28N2O2S/c1-20-13-14(18)16-10-6-4-5-9-15(19)17-11-7-2-3-8-12-17/h2-13H2,1H3,(H,16,18). The van der Waals surface area contributed by atoms with E-state index in [4.69, 9.17) is 0 Å². The molecule has 1 saturated heterocycles. The van der Waals surface area contributed by atoms with E-state index < -0.39 is 0 Å². The summed E-state index contributed by atoms with van der Waals surface area (Å²) in [7, 11) is 0. The van der Waals surface area contributed by atoms with Crippen molar-refractivity contribution in [1.82, 2.24) is 10.2 Å². The second-order valence-corrected chi connectivity index (χ2v) is 6.25. The molecule has 0 aromatic carbocycles. The summed E-state index contributed by atoms with van der Waals surface area (Å²) in [4.78, 5) is 25.3. The highest BCUT2D eigenvalue weighted by molar-refractivity contribution is 7.99. The molecular formula is C15H28N2O2S. The Balaban J connectivity index is 2.00. The fourth-order valence-corrected chi connectivity index (χ4v) is 2.83. The van der Waals surface area contributed by atoms with Crippen molar-refractivity contribution in [3.63, 3.8) is 0 Å². The molecule has 0 spiro atoms. The van der Waals surface area contributed by atoms with Crippen molar-refractivity contribution < 1.29 is 9.59 Å². The summed E-state index contributed by atoms with van der Waals surface area (Å²) in [6, 6.07) is 0. The van der Waals surface area contributed by atoms with Gasteiger partial charge < -0.3 is 10.2 Å². The van der Waals surface area contributed by atoms with Gasteiger partial charge in [-0.3, -0.25) is 9.59 Å². The lowest BCUT2D eigenvalue weighted by molar-refractivity contribution is -0.131. The Kier molecular flexibility index (Phi) is 9.54. The van der Waals surface area contributed by atoms with E-state index in [1.165, 1.54) is 24.6 Å². The summed E-state index contributed by atoms with van der Waals surface area (Å²) in [5.74, 6) is 0.962. The maximum absolute atomic E-state index is 12.0. The third-order valence-corrected chi connectivity index (χ3v) is 4.17. The lowest BCUT2D eigenvalue weighted by atomic mass is 10.1. The zero-order chi connectivity index (χ0) is 14.6. The lowest BCUT2D eigenvalue weighted by Gasteiger charge is -2.20. The SMILES string of the molecule is CSCC(=O)NCCCCCC(=O)N1CCCCCC1. The van der Waals surface area contributed by atoms with Crippen LogP contribution in [0.5, 0.6) is 0 Å². The van der Waals surface area contributed by atoms with Gasteiger partial charge in [-0.15, -0.1) is 0 Å². The molecule has 1 N–H and O–H groups in total. The second kappa shape index (κ2) is 11.0. The quantitative estimate of drug-likeness (QED) is 0.700. The van der Waals surface area contributed by atoms with Crippen molar-refractivity contribution in [1.29, 1.82) is 0 Å². The summed E-state index contributed by atoms with van der Waals surface area (Å²) < 4.78 is 0. The molecule has 0 radical (unpaired) electrons. The van der Waals surface area contributed by atoms with E-state index in [0.29, 0.717) is 18.1 Å². The Hall–Kier alpha value is -0.710. The molecule has 1 heterocycles. The lowest BCUT2D eigenvalue weighted by Crippen LogP contribution is -2.31. The Bertz CT molecular complexity index is 290. The van der Waals surface area contributed by atoms with Crippen LogP contribution in [-0.4, -0.2) is 48.4 Å². The van der Waals surface area contributed by atoms with Crippen LogP contribution in [0.4, 0.5) is 0 Å². The van der Waals surface area contributed by atoms with Crippen LogP contribution < -0.4 is 5.32 Å². The van der Waals surface area contributed by atoms with Gasteiger partial charge in [0.1, 0.15) is 0 Å². The summed E-state index contributed by atoms with van der Waals surface area (Å²) >= 11 is 1.54. The molecule has 0 unspecified atom stereocenters. The predicted octanol–water partition coefficient (Wildman–Crippen LogP) is 2.43. The minimum Gasteiger partial charge on any atom is -0.355 e. The average Bonchev–Trinajstić information content (AvgIpc) is 2.71. The van der Waals surface area contributed by atoms with E-state index in [0.717, 1.165) is 51.7 Å². The molecule has 1 fully saturated rings. The van der Waals surface area contributed by atoms with Gasteiger partial charge in [0, 0.05) is 26.1 Å². The first-order chi connectivity index (χ1) is 9.74. The van der Waals surface area contributed by atoms with Crippen molar-refractivity contribution >= 4 is 23.6 Å². The molecule has 0 aromatic heterocycles. The van der Waals surface area contributed by atoms with Crippen LogP contribution in [0.3, 0.4) is 0 Å². The highest BCUT2D eigenvalue weighted by atomic mass is 32.2. The molecule has 116 valence electrons. The monoisotopic (exact) mass is 300 g/mol. The zero-order valence-corrected chi connectivity index (χ0v) is 13.5. The molecule has 0 aliphatic carbocycles. The van der Waals surface area contributed by atoms with Crippen LogP contribution in [0.1, 0.15) is 51.4 Å². The first kappa shape index (κ1) is 17.3. The molecular weight excluding hydrogens is 272 g/mol. The Morgan fingerprint density at radius 3 is 2.40 bits per heavy atom. The number of likely N-dealkylation sites (tertiary alicyclic amines) is 1. The van der Waals surface area contributed by atoms with Crippen molar-refractivity contribution in [2.24, 2.45) is 0 Å². The fraction of sp³-hybridized carbons (Fsp3) is 0.867. The normalized spacial score (nSPS) is 15.8. The van der Waals surface area contributed by atoms with E-state index in [-0.39, 0.29) is 5.91 Å². The van der Waals surface area contributed by atoms with E-state index in [2.05, 4.69) is 5.32 Å². The number of unbranched alkanes of at least 4 members (excludes halogenated alkanes) is 2. The first-order valence-electron chi connectivity index (χ1n) is 7.77. The number of carbonyl (C=O) groups is 2. The van der Waals surface area contributed by atoms with Crippen LogP contribution in [-0.2, 0) is 9.59 Å². The average molecular weight is 300 g/mol. The number of carbonyl (C=O) groups excluding carboxylic acids is 2. The molecule has 5 heteroatoms. The minimum atomic E-state index is 0.109. The molecule has 4 nitrogen and oxygen atoms in total. The highest BCUT2D eigenvalue weighted by Gasteiger charge is 2.14. The molecule has 0 atom stereocenters. The van der Waals surface area contributed by atoms with Crippen LogP contribution in [0.25, 0.3) is 0 Å². The van der Waals surface area contributed by atoms with Gasteiger partial charge in [-0.05, 0) is 31.9 Å². The number of hydrogen-bond acceptors (Lipinski definition) is 3. The largest absolute Gasteiger partial charge is 0.355 e. The van der Waals surface area contributed by atoms with Gasteiger partial charge in [0.2, 0.25) is 11.8 Å². The van der Waals surface area contributed by atoms with E-state index in [1.807, 2.05) is 11.2 Å². The second-order valence-electron chi connectivity index (χ2n) is 5.39. The number of rotatable bonds is 8. The van der Waals surface area contributed by atoms with Crippen LogP contribution >= 0.6 is 11.8 Å². The Labute approximate surface area is 127 Å². The van der Waals surface area contributed by atoms with E-state index in [1.54, 1.807) is 0 Å². The van der Waals surface area contributed by atoms with Crippen molar-refractivity contribution in [2.75, 3.05) is 31.6 Å². The van der Waals surface area contributed by atoms with Crippen molar-refractivity contribution in [3.05, 3.63) is 0 Å². The third-order valence-electron chi connectivity index (χ3n) is 3.62. The molecule has 1 rings (SSSR count). The zero-order valence-electron chi connectivity index (χ0n) is 12.7. The summed E-state index contributed by atoms with van der Waals surface area (Å²) in [6.07, 6.45) is 10.4. The van der Waals surface area contributed by atoms with Gasteiger partial charge in [0.15, 0.2) is 0 Å². The van der Waals surface area contributed by atoms with E-state index in [9.17, 15) is 9.59 Å². The van der Waals surface area contributed by atoms with Gasteiger partial charge in [0.25, 0.3) is 0 Å². The van der Waals surface area contributed by atoms with Crippen LogP contribution in [0, 0.1) is 0 Å². The molecule has 20 heavy (non-hydrogen) atoms. The molecule has 1 aliphatic rings. The van der Waals surface area contributed by atoms with Gasteiger partial charge in [0.05, 0.1) is 5.75 Å². The number of amides is 2. The topological polar surface area (TPSA) is 49.4 Å². The molecule has 1 aliphatic heterocycles. The van der Waals surface area contributed by atoms with Gasteiger partial charge in [-0.2, -0.15) is 11.8 Å². The van der Waals surface area contributed by atoms with Gasteiger partial charge >= 0.3 is 0 Å².